The number of cyclic esters (lactones) is 1. The average molecular weight is 606 g/mol. The third-order valence-corrected chi connectivity index (χ3v) is 9.32. The first-order chi connectivity index (χ1) is 20.1. The molecule has 0 radical (unpaired) electrons. The topological polar surface area (TPSA) is 137 Å². The molecule has 0 amide bonds. The molecule has 0 spiro atoms. The van der Waals surface area contributed by atoms with E-state index in [9.17, 15) is 14.2 Å². The summed E-state index contributed by atoms with van der Waals surface area (Å²) in [6, 6.07) is 4.47. The van der Waals surface area contributed by atoms with Crippen molar-refractivity contribution in [3.8, 4) is 39.9 Å². The standard InChI is InChI=1S/C29H36NO11P/c1-15(2)40-28(31)16(3)30-42(33,14-34-4)41-26-22(35-5)9-18(10-23(26)36-6)25-20-11-21-19(12-37-29(21)32)7-17(20)8-24-27(25)39-13-38-24/h8-10,15-16,19,21H,7,11-14H2,1-6H3,(H,30,33)/t16-,19-,21?,42?/m0/s1. The van der Waals surface area contributed by atoms with Crippen LogP contribution >= 0.6 is 7.52 Å². The van der Waals surface area contributed by atoms with Crippen molar-refractivity contribution in [1.82, 2.24) is 5.09 Å². The van der Waals surface area contributed by atoms with Gasteiger partial charge in [0, 0.05) is 18.6 Å². The van der Waals surface area contributed by atoms with Crippen LogP contribution in [-0.2, 0) is 41.2 Å². The Hall–Kier alpha value is -3.47. The van der Waals surface area contributed by atoms with E-state index >= 15 is 0 Å². The lowest BCUT2D eigenvalue weighted by molar-refractivity contribution is -0.149. The Kier molecular flexibility index (Phi) is 8.59. The van der Waals surface area contributed by atoms with E-state index in [0.29, 0.717) is 36.5 Å². The summed E-state index contributed by atoms with van der Waals surface area (Å²) < 4.78 is 58.8. The molecule has 2 aromatic carbocycles. The summed E-state index contributed by atoms with van der Waals surface area (Å²) in [6.07, 6.45) is 0.477. The van der Waals surface area contributed by atoms with Gasteiger partial charge < -0.3 is 37.7 Å². The van der Waals surface area contributed by atoms with Crippen LogP contribution in [0.1, 0.15) is 31.9 Å². The second-order valence-electron chi connectivity index (χ2n) is 10.8. The number of methoxy groups -OCH3 is 3. The number of carbonyl (C=O) groups excluding carboxylic acids is 2. The van der Waals surface area contributed by atoms with E-state index < -0.39 is 19.5 Å². The van der Waals surface area contributed by atoms with Gasteiger partial charge in [-0.15, -0.1) is 0 Å². The summed E-state index contributed by atoms with van der Waals surface area (Å²) in [6.45, 7) is 5.45. The van der Waals surface area contributed by atoms with Crippen LogP contribution in [0.3, 0.4) is 0 Å². The molecule has 0 aromatic heterocycles. The number of fused-ring (bicyclic) bond motifs is 3. The molecular formula is C29H36NO11P. The van der Waals surface area contributed by atoms with Gasteiger partial charge >= 0.3 is 19.5 Å². The Morgan fingerprint density at radius 3 is 2.40 bits per heavy atom. The van der Waals surface area contributed by atoms with E-state index in [0.717, 1.165) is 16.7 Å². The molecule has 2 aromatic rings. The van der Waals surface area contributed by atoms with Crippen LogP contribution < -0.4 is 28.6 Å². The van der Waals surface area contributed by atoms with Gasteiger partial charge in [-0.3, -0.25) is 14.2 Å². The van der Waals surface area contributed by atoms with Gasteiger partial charge in [0.15, 0.2) is 23.0 Å². The maximum atomic E-state index is 13.9. The van der Waals surface area contributed by atoms with Crippen LogP contribution in [0.5, 0.6) is 28.7 Å². The zero-order valence-electron chi connectivity index (χ0n) is 24.5. The fourth-order valence-corrected chi connectivity index (χ4v) is 7.31. The third kappa shape index (κ3) is 5.75. The SMILES string of the molecule is COCP(=O)(N[C@@H](C)C(=O)OC(C)C)Oc1c(OC)cc(-c2c3c(cc4c2OCO4)C[C@H]2COC(=O)C2C3)cc1OC. The van der Waals surface area contributed by atoms with Crippen molar-refractivity contribution in [2.45, 2.75) is 45.8 Å². The molecular weight excluding hydrogens is 569 g/mol. The van der Waals surface area contributed by atoms with Gasteiger partial charge in [-0.2, -0.15) is 0 Å². The first kappa shape index (κ1) is 30.0. The molecule has 1 aliphatic carbocycles. The number of nitrogens with one attached hydrogen (secondary N) is 1. The number of hydrogen-bond donors (Lipinski definition) is 1. The molecule has 3 aliphatic rings. The molecule has 0 saturated carbocycles. The highest BCUT2D eigenvalue weighted by Gasteiger charge is 2.43. The molecule has 4 atom stereocenters. The molecule has 12 nitrogen and oxygen atoms in total. The Bertz CT molecular complexity index is 1400. The van der Waals surface area contributed by atoms with E-state index in [1.165, 1.54) is 28.3 Å². The molecule has 0 bridgehead atoms. The van der Waals surface area contributed by atoms with E-state index in [2.05, 4.69) is 5.09 Å². The summed E-state index contributed by atoms with van der Waals surface area (Å²) in [5, 5.41) is 2.74. The summed E-state index contributed by atoms with van der Waals surface area (Å²) in [7, 11) is 0.432. The highest BCUT2D eigenvalue weighted by atomic mass is 31.2. The highest BCUT2D eigenvalue weighted by molar-refractivity contribution is 7.57. The summed E-state index contributed by atoms with van der Waals surface area (Å²) in [5.74, 6) is 0.761. The molecule has 2 heterocycles. The predicted molar refractivity (Wildman–Crippen MR) is 150 cm³/mol. The third-order valence-electron chi connectivity index (χ3n) is 7.46. The van der Waals surface area contributed by atoms with Crippen LogP contribution in [0.2, 0.25) is 0 Å². The first-order valence-electron chi connectivity index (χ1n) is 13.7. The number of esters is 2. The summed E-state index contributed by atoms with van der Waals surface area (Å²) in [4.78, 5) is 24.9. The fraction of sp³-hybridized carbons (Fsp3) is 0.517. The van der Waals surface area contributed by atoms with Gasteiger partial charge in [-0.05, 0) is 68.5 Å². The van der Waals surface area contributed by atoms with Crippen molar-refractivity contribution in [3.63, 3.8) is 0 Å². The van der Waals surface area contributed by atoms with Gasteiger partial charge in [0.05, 0.1) is 32.8 Å². The maximum Gasteiger partial charge on any atom is 0.342 e. The van der Waals surface area contributed by atoms with Crippen molar-refractivity contribution in [1.29, 1.82) is 0 Å². The van der Waals surface area contributed by atoms with Crippen molar-refractivity contribution in [2.75, 3.05) is 41.1 Å². The van der Waals surface area contributed by atoms with Gasteiger partial charge in [-0.1, -0.05) is 0 Å². The van der Waals surface area contributed by atoms with Crippen LogP contribution in [-0.4, -0.2) is 65.2 Å². The smallest absolute Gasteiger partial charge is 0.342 e. The molecule has 1 fully saturated rings. The molecule has 2 aliphatic heterocycles. The van der Waals surface area contributed by atoms with Gasteiger partial charge in [-0.25, -0.2) is 5.09 Å². The minimum absolute atomic E-state index is 0.0547. The molecule has 1 N–H and O–H groups in total. The van der Waals surface area contributed by atoms with E-state index in [1.54, 1.807) is 26.0 Å². The van der Waals surface area contributed by atoms with E-state index in [4.69, 9.17) is 37.7 Å². The number of rotatable bonds is 11. The number of benzene rings is 2. The fourth-order valence-electron chi connectivity index (χ4n) is 5.62. The maximum absolute atomic E-state index is 13.9. The molecule has 42 heavy (non-hydrogen) atoms. The molecule has 228 valence electrons. The largest absolute Gasteiger partial charge is 0.493 e. The van der Waals surface area contributed by atoms with Gasteiger partial charge in [0.25, 0.3) is 0 Å². The highest BCUT2D eigenvalue weighted by Crippen LogP contribution is 2.55. The molecule has 1 saturated heterocycles. The summed E-state index contributed by atoms with van der Waals surface area (Å²) in [5.41, 5.74) is 3.44. The summed E-state index contributed by atoms with van der Waals surface area (Å²) >= 11 is 0. The average Bonchev–Trinajstić information content (AvgIpc) is 3.56. The van der Waals surface area contributed by atoms with E-state index in [1.807, 2.05) is 6.07 Å². The first-order valence-corrected chi connectivity index (χ1v) is 15.5. The quantitative estimate of drug-likeness (QED) is 0.292. The second kappa shape index (κ2) is 12.0. The normalized spacial score (nSPS) is 20.7. The van der Waals surface area contributed by atoms with Crippen molar-refractivity contribution < 1.29 is 51.8 Å². The zero-order chi connectivity index (χ0) is 30.2. The Balaban J connectivity index is 1.55. The Morgan fingerprint density at radius 2 is 1.76 bits per heavy atom. The zero-order valence-corrected chi connectivity index (χ0v) is 25.4. The number of carbonyl (C=O) groups is 2. The monoisotopic (exact) mass is 605 g/mol. The van der Waals surface area contributed by atoms with Gasteiger partial charge in [0.1, 0.15) is 12.4 Å². The lowest BCUT2D eigenvalue weighted by Gasteiger charge is -2.28. The number of ether oxygens (including phenoxy) is 7. The molecule has 2 unspecified atom stereocenters. The minimum atomic E-state index is -3.84. The van der Waals surface area contributed by atoms with Crippen LogP contribution in [0.4, 0.5) is 0 Å². The Morgan fingerprint density at radius 1 is 1.05 bits per heavy atom. The number of hydrogen-bond acceptors (Lipinski definition) is 11. The van der Waals surface area contributed by atoms with Crippen molar-refractivity contribution >= 4 is 19.5 Å². The molecule has 13 heteroatoms. The van der Waals surface area contributed by atoms with Crippen molar-refractivity contribution in [3.05, 3.63) is 29.3 Å². The van der Waals surface area contributed by atoms with Crippen LogP contribution in [0.25, 0.3) is 11.1 Å². The lowest BCUT2D eigenvalue weighted by atomic mass is 9.75. The van der Waals surface area contributed by atoms with E-state index in [-0.39, 0.29) is 54.3 Å². The minimum Gasteiger partial charge on any atom is -0.493 e. The van der Waals surface area contributed by atoms with Crippen LogP contribution in [0.15, 0.2) is 18.2 Å². The molecule has 5 rings (SSSR count). The predicted octanol–water partition coefficient (Wildman–Crippen LogP) is 4.09. The Labute approximate surface area is 244 Å². The van der Waals surface area contributed by atoms with Crippen molar-refractivity contribution in [2.24, 2.45) is 11.8 Å². The second-order valence-corrected chi connectivity index (χ2v) is 12.8. The van der Waals surface area contributed by atoms with Crippen LogP contribution in [0, 0.1) is 11.8 Å². The lowest BCUT2D eigenvalue weighted by Crippen LogP contribution is -2.36. The van der Waals surface area contributed by atoms with Gasteiger partial charge in [0.2, 0.25) is 12.5 Å².